The van der Waals surface area contributed by atoms with E-state index < -0.39 is 5.97 Å². The summed E-state index contributed by atoms with van der Waals surface area (Å²) in [6.07, 6.45) is 3.76. The van der Waals surface area contributed by atoms with Gasteiger partial charge in [0.2, 0.25) is 4.96 Å². The number of nitrogens with zero attached hydrogens (tertiary/aromatic N) is 5. The maximum atomic E-state index is 12.0. The van der Waals surface area contributed by atoms with Crippen LogP contribution in [0.25, 0.3) is 4.96 Å². The highest BCUT2D eigenvalue weighted by Gasteiger charge is 2.19. The molecule has 0 bridgehead atoms. The largest absolute Gasteiger partial charge is 0.464 e. The second kappa shape index (κ2) is 9.09. The van der Waals surface area contributed by atoms with E-state index in [1.54, 1.807) is 34.2 Å². The van der Waals surface area contributed by atoms with E-state index in [-0.39, 0.29) is 12.3 Å². The van der Waals surface area contributed by atoms with Gasteiger partial charge in [-0.2, -0.15) is 5.10 Å². The number of ether oxygens (including phenoxy) is 1. The Morgan fingerprint density at radius 2 is 2.14 bits per heavy atom. The van der Waals surface area contributed by atoms with E-state index in [0.29, 0.717) is 12.0 Å². The lowest BCUT2D eigenvalue weighted by molar-refractivity contribution is -0.132. The number of aromatic nitrogens is 3. The number of carbonyl (C=O) groups is 1. The molecule has 146 valence electrons. The van der Waals surface area contributed by atoms with Crippen molar-refractivity contribution in [1.82, 2.24) is 14.6 Å². The summed E-state index contributed by atoms with van der Waals surface area (Å²) in [6, 6.07) is 7.19. The Morgan fingerprint density at radius 3 is 2.93 bits per heavy atom. The Morgan fingerprint density at radius 1 is 1.32 bits per heavy atom. The van der Waals surface area contributed by atoms with Crippen molar-refractivity contribution in [2.45, 2.75) is 20.0 Å². The first-order valence-corrected chi connectivity index (χ1v) is 9.17. The van der Waals surface area contributed by atoms with E-state index >= 15 is 0 Å². The number of hydrogen-bond donors (Lipinski definition) is 0. The summed E-state index contributed by atoms with van der Waals surface area (Å²) >= 11 is 1.58. The standard InChI is InChI=1S/C18H19N5O4S/c1-12-15(23-18(28-12)19-11-20-23)8-9-21-27-10-13-6-4-5-7-14(13)16(22-26-3)17(24)25-2/h4-7,9,11H,8,10H2,1-3H3/b21-9?,22-16+. The minimum atomic E-state index is -0.595. The summed E-state index contributed by atoms with van der Waals surface area (Å²) in [5.74, 6) is -0.595. The molecule has 3 aromatic rings. The smallest absolute Gasteiger partial charge is 0.360 e. The van der Waals surface area contributed by atoms with Gasteiger partial charge in [0.25, 0.3) is 0 Å². The molecule has 0 spiro atoms. The van der Waals surface area contributed by atoms with Gasteiger partial charge in [-0.05, 0) is 6.92 Å². The summed E-state index contributed by atoms with van der Waals surface area (Å²) in [7, 11) is 2.65. The van der Waals surface area contributed by atoms with Gasteiger partial charge in [-0.25, -0.2) is 14.3 Å². The van der Waals surface area contributed by atoms with Crippen molar-refractivity contribution >= 4 is 34.2 Å². The zero-order valence-corrected chi connectivity index (χ0v) is 16.5. The lowest BCUT2D eigenvalue weighted by Gasteiger charge is -2.09. The summed E-state index contributed by atoms with van der Waals surface area (Å²) < 4.78 is 6.56. The highest BCUT2D eigenvalue weighted by molar-refractivity contribution is 7.17. The van der Waals surface area contributed by atoms with Crippen LogP contribution in [0.1, 0.15) is 21.7 Å². The van der Waals surface area contributed by atoms with Crippen LogP contribution in [0.3, 0.4) is 0 Å². The molecule has 0 aliphatic carbocycles. The molecule has 0 saturated carbocycles. The predicted octanol–water partition coefficient (Wildman–Crippen LogP) is 2.37. The van der Waals surface area contributed by atoms with Crippen LogP contribution in [0.4, 0.5) is 0 Å². The summed E-state index contributed by atoms with van der Waals surface area (Å²) in [5, 5.41) is 12.0. The minimum Gasteiger partial charge on any atom is -0.464 e. The van der Waals surface area contributed by atoms with Gasteiger partial charge in [0.15, 0.2) is 5.71 Å². The number of esters is 1. The van der Waals surface area contributed by atoms with E-state index in [1.165, 1.54) is 20.5 Å². The maximum Gasteiger partial charge on any atom is 0.360 e. The molecule has 0 unspecified atom stereocenters. The van der Waals surface area contributed by atoms with Crippen molar-refractivity contribution in [3.8, 4) is 0 Å². The van der Waals surface area contributed by atoms with Crippen LogP contribution in [0.15, 0.2) is 40.9 Å². The molecule has 10 heteroatoms. The third-order valence-corrected chi connectivity index (χ3v) is 4.91. The number of rotatable bonds is 8. The number of hydrogen-bond acceptors (Lipinski definition) is 9. The third kappa shape index (κ3) is 4.17. The Bertz CT molecular complexity index is 1020. The van der Waals surface area contributed by atoms with E-state index in [2.05, 4.69) is 20.4 Å². The second-order valence-corrected chi connectivity index (χ2v) is 6.78. The lowest BCUT2D eigenvalue weighted by Crippen LogP contribution is -2.19. The van der Waals surface area contributed by atoms with Crippen molar-refractivity contribution in [3.63, 3.8) is 0 Å². The molecule has 0 atom stereocenters. The molecule has 3 rings (SSSR count). The van der Waals surface area contributed by atoms with Crippen LogP contribution in [0, 0.1) is 6.92 Å². The van der Waals surface area contributed by atoms with E-state index in [9.17, 15) is 4.79 Å². The van der Waals surface area contributed by atoms with Crippen LogP contribution in [-0.4, -0.2) is 46.7 Å². The molecule has 1 aromatic carbocycles. The van der Waals surface area contributed by atoms with Gasteiger partial charge in [-0.15, -0.1) is 0 Å². The molecule has 0 saturated heterocycles. The van der Waals surface area contributed by atoms with Crippen molar-refractivity contribution in [1.29, 1.82) is 0 Å². The van der Waals surface area contributed by atoms with Crippen molar-refractivity contribution in [2.75, 3.05) is 14.2 Å². The molecular weight excluding hydrogens is 382 g/mol. The Balaban J connectivity index is 1.67. The first kappa shape index (κ1) is 19.5. The van der Waals surface area contributed by atoms with Gasteiger partial charge >= 0.3 is 5.97 Å². The molecule has 0 radical (unpaired) electrons. The fourth-order valence-electron chi connectivity index (χ4n) is 2.61. The second-order valence-electron chi connectivity index (χ2n) is 5.60. The molecule has 2 aromatic heterocycles. The summed E-state index contributed by atoms with van der Waals surface area (Å²) in [6.45, 7) is 2.18. The van der Waals surface area contributed by atoms with Gasteiger partial charge in [-0.3, -0.25) is 0 Å². The molecule has 0 aliphatic rings. The lowest BCUT2D eigenvalue weighted by atomic mass is 10.0. The first-order valence-electron chi connectivity index (χ1n) is 8.35. The average Bonchev–Trinajstić information content (AvgIpc) is 3.27. The Labute approximate surface area is 165 Å². The van der Waals surface area contributed by atoms with Crippen LogP contribution in [0.2, 0.25) is 0 Å². The van der Waals surface area contributed by atoms with E-state index in [1.807, 2.05) is 19.1 Å². The van der Waals surface area contributed by atoms with Crippen molar-refractivity contribution in [2.24, 2.45) is 10.3 Å². The quantitative estimate of drug-likeness (QED) is 0.326. The zero-order valence-electron chi connectivity index (χ0n) is 15.7. The zero-order chi connectivity index (χ0) is 19.9. The Hall–Kier alpha value is -3.27. The fraction of sp³-hybridized carbons (Fsp3) is 0.278. The van der Waals surface area contributed by atoms with Gasteiger partial charge in [-0.1, -0.05) is 45.9 Å². The maximum absolute atomic E-state index is 12.0. The van der Waals surface area contributed by atoms with Crippen LogP contribution >= 0.6 is 11.3 Å². The predicted molar refractivity (Wildman–Crippen MR) is 105 cm³/mol. The highest BCUT2D eigenvalue weighted by atomic mass is 32.1. The molecule has 9 nitrogen and oxygen atoms in total. The molecule has 0 aliphatic heterocycles. The number of benzene rings is 1. The molecule has 0 N–H and O–H groups in total. The molecule has 28 heavy (non-hydrogen) atoms. The first-order chi connectivity index (χ1) is 13.7. The van der Waals surface area contributed by atoms with Crippen molar-refractivity contribution in [3.05, 3.63) is 52.3 Å². The van der Waals surface area contributed by atoms with Gasteiger partial charge in [0.1, 0.15) is 20.0 Å². The SMILES string of the molecule is CO/N=C(/C(=O)OC)c1ccccc1CON=CCc1c(C)sc2ncnn12. The van der Waals surface area contributed by atoms with Crippen LogP contribution in [-0.2, 0) is 32.2 Å². The number of methoxy groups -OCH3 is 1. The van der Waals surface area contributed by atoms with Crippen molar-refractivity contribution < 1.29 is 19.2 Å². The molecule has 2 heterocycles. The monoisotopic (exact) mass is 401 g/mol. The van der Waals surface area contributed by atoms with Crippen LogP contribution < -0.4 is 0 Å². The number of carbonyl (C=O) groups excluding carboxylic acids is 1. The van der Waals surface area contributed by atoms with E-state index in [0.717, 1.165) is 21.1 Å². The van der Waals surface area contributed by atoms with Gasteiger partial charge < -0.3 is 14.4 Å². The summed E-state index contributed by atoms with van der Waals surface area (Å²) in [4.78, 5) is 28.3. The van der Waals surface area contributed by atoms with E-state index in [4.69, 9.17) is 14.4 Å². The van der Waals surface area contributed by atoms with Gasteiger partial charge in [0.05, 0.1) is 12.8 Å². The number of oxime groups is 2. The fourth-order valence-corrected chi connectivity index (χ4v) is 3.51. The topological polar surface area (TPSA) is 99.7 Å². The van der Waals surface area contributed by atoms with Crippen LogP contribution in [0.5, 0.6) is 0 Å². The third-order valence-electron chi connectivity index (χ3n) is 3.91. The number of thiazole rings is 1. The Kier molecular flexibility index (Phi) is 6.33. The average molecular weight is 401 g/mol. The number of aryl methyl sites for hydroxylation is 1. The molecule has 0 fully saturated rings. The highest BCUT2D eigenvalue weighted by Crippen LogP contribution is 2.20. The minimum absolute atomic E-state index is 0.0654. The molecular formula is C18H19N5O4S. The van der Waals surface area contributed by atoms with Gasteiger partial charge in [0, 0.05) is 28.6 Å². The normalized spacial score (nSPS) is 11.9. The summed E-state index contributed by atoms with van der Waals surface area (Å²) in [5.41, 5.74) is 2.37. The molecule has 0 amide bonds. The number of fused-ring (bicyclic) bond motifs is 1.